The Balaban J connectivity index is 1.59. The maximum Gasteiger partial charge on any atom is 0.235 e. The SMILES string of the molecule is Cc1cccc(Nc2nnc(S[C@H](C)C(=O)N3CCCC3)s2)c1. The van der Waals surface area contributed by atoms with Crippen LogP contribution < -0.4 is 5.32 Å². The highest BCUT2D eigenvalue weighted by Crippen LogP contribution is 2.31. The molecule has 2 heterocycles. The highest BCUT2D eigenvalue weighted by Gasteiger charge is 2.25. The summed E-state index contributed by atoms with van der Waals surface area (Å²) in [5.41, 5.74) is 2.19. The molecular formula is C16H20N4OS2. The molecule has 0 aliphatic carbocycles. The summed E-state index contributed by atoms with van der Waals surface area (Å²) in [5, 5.41) is 12.2. The number of rotatable bonds is 5. The minimum absolute atomic E-state index is 0.118. The van der Waals surface area contributed by atoms with Gasteiger partial charge in [0.25, 0.3) is 0 Å². The number of amides is 1. The van der Waals surface area contributed by atoms with Crippen LogP contribution in [0, 0.1) is 6.92 Å². The molecule has 3 rings (SSSR count). The summed E-state index contributed by atoms with van der Waals surface area (Å²) >= 11 is 2.97. The van der Waals surface area contributed by atoms with E-state index in [0.29, 0.717) is 0 Å². The van der Waals surface area contributed by atoms with Gasteiger partial charge in [0.2, 0.25) is 11.0 Å². The summed E-state index contributed by atoms with van der Waals surface area (Å²) in [6.45, 7) is 5.78. The molecule has 0 radical (unpaired) electrons. The number of carbonyl (C=O) groups is 1. The van der Waals surface area contributed by atoms with Crippen molar-refractivity contribution in [2.24, 2.45) is 0 Å². The molecular weight excluding hydrogens is 328 g/mol. The number of aromatic nitrogens is 2. The lowest BCUT2D eigenvalue weighted by molar-refractivity contribution is -0.129. The van der Waals surface area contributed by atoms with Crippen molar-refractivity contribution in [3.8, 4) is 0 Å². The topological polar surface area (TPSA) is 58.1 Å². The predicted octanol–water partition coefficient (Wildman–Crippen LogP) is 3.69. The first-order chi connectivity index (χ1) is 11.1. The van der Waals surface area contributed by atoms with Crippen LogP contribution in [0.4, 0.5) is 10.8 Å². The number of anilines is 2. The van der Waals surface area contributed by atoms with Crippen molar-refractivity contribution in [1.82, 2.24) is 15.1 Å². The molecule has 1 aliphatic heterocycles. The average Bonchev–Trinajstić information content (AvgIpc) is 3.18. The zero-order chi connectivity index (χ0) is 16.2. The van der Waals surface area contributed by atoms with E-state index in [2.05, 4.69) is 34.6 Å². The quantitative estimate of drug-likeness (QED) is 0.835. The molecule has 0 unspecified atom stereocenters. The fourth-order valence-electron chi connectivity index (χ4n) is 2.55. The minimum atomic E-state index is -0.118. The van der Waals surface area contributed by atoms with E-state index >= 15 is 0 Å². The Morgan fingerprint density at radius 3 is 2.87 bits per heavy atom. The monoisotopic (exact) mass is 348 g/mol. The van der Waals surface area contributed by atoms with E-state index in [1.54, 1.807) is 0 Å². The summed E-state index contributed by atoms with van der Waals surface area (Å²) in [6, 6.07) is 8.12. The van der Waals surface area contributed by atoms with Crippen LogP contribution in [0.25, 0.3) is 0 Å². The second kappa shape index (κ2) is 7.31. The lowest BCUT2D eigenvalue weighted by Gasteiger charge is -2.18. The van der Waals surface area contributed by atoms with Gasteiger partial charge in [-0.2, -0.15) is 0 Å². The molecule has 0 spiro atoms. The van der Waals surface area contributed by atoms with Crippen LogP contribution in [0.5, 0.6) is 0 Å². The molecule has 1 amide bonds. The number of likely N-dealkylation sites (tertiary alicyclic amines) is 1. The molecule has 23 heavy (non-hydrogen) atoms. The molecule has 1 aromatic carbocycles. The smallest absolute Gasteiger partial charge is 0.235 e. The largest absolute Gasteiger partial charge is 0.342 e. The molecule has 5 nitrogen and oxygen atoms in total. The molecule has 0 bridgehead atoms. The highest BCUT2D eigenvalue weighted by atomic mass is 32.2. The minimum Gasteiger partial charge on any atom is -0.342 e. The first kappa shape index (κ1) is 16.3. The van der Waals surface area contributed by atoms with E-state index < -0.39 is 0 Å². The Kier molecular flexibility index (Phi) is 5.17. The summed E-state index contributed by atoms with van der Waals surface area (Å²) in [7, 11) is 0. The average molecular weight is 348 g/mol. The molecule has 2 aromatic rings. The van der Waals surface area contributed by atoms with E-state index in [1.165, 1.54) is 28.7 Å². The maximum atomic E-state index is 12.3. The van der Waals surface area contributed by atoms with Gasteiger partial charge in [0.15, 0.2) is 4.34 Å². The van der Waals surface area contributed by atoms with Crippen LogP contribution in [0.15, 0.2) is 28.6 Å². The first-order valence-corrected chi connectivity index (χ1v) is 9.44. The van der Waals surface area contributed by atoms with E-state index in [-0.39, 0.29) is 11.2 Å². The van der Waals surface area contributed by atoms with Crippen LogP contribution in [-0.2, 0) is 4.79 Å². The van der Waals surface area contributed by atoms with E-state index in [1.807, 2.05) is 24.0 Å². The van der Waals surface area contributed by atoms with Gasteiger partial charge in [-0.15, -0.1) is 10.2 Å². The molecule has 1 fully saturated rings. The number of carbonyl (C=O) groups excluding carboxylic acids is 1. The van der Waals surface area contributed by atoms with Gasteiger partial charge in [0, 0.05) is 18.8 Å². The normalized spacial score (nSPS) is 15.7. The fourth-order valence-corrected chi connectivity index (χ4v) is 4.55. The second-order valence-electron chi connectivity index (χ2n) is 5.66. The number of nitrogens with one attached hydrogen (secondary N) is 1. The molecule has 1 saturated heterocycles. The van der Waals surface area contributed by atoms with Gasteiger partial charge in [0.1, 0.15) is 0 Å². The van der Waals surface area contributed by atoms with Crippen LogP contribution >= 0.6 is 23.1 Å². The number of hydrogen-bond donors (Lipinski definition) is 1. The first-order valence-electron chi connectivity index (χ1n) is 7.74. The molecule has 1 atom stereocenters. The van der Waals surface area contributed by atoms with Crippen molar-refractivity contribution in [1.29, 1.82) is 0 Å². The number of thioether (sulfide) groups is 1. The molecule has 1 aromatic heterocycles. The van der Waals surface area contributed by atoms with Gasteiger partial charge in [-0.1, -0.05) is 35.2 Å². The number of hydrogen-bond acceptors (Lipinski definition) is 6. The van der Waals surface area contributed by atoms with Crippen molar-refractivity contribution < 1.29 is 4.79 Å². The van der Waals surface area contributed by atoms with Gasteiger partial charge >= 0.3 is 0 Å². The van der Waals surface area contributed by atoms with Crippen molar-refractivity contribution in [3.05, 3.63) is 29.8 Å². The van der Waals surface area contributed by atoms with E-state index in [4.69, 9.17) is 0 Å². The molecule has 1 aliphatic rings. The Labute approximate surface area is 144 Å². The maximum absolute atomic E-state index is 12.3. The fraction of sp³-hybridized carbons (Fsp3) is 0.438. The molecule has 122 valence electrons. The molecule has 1 N–H and O–H groups in total. The third-order valence-corrected chi connectivity index (χ3v) is 5.73. The predicted molar refractivity (Wildman–Crippen MR) is 95.5 cm³/mol. The van der Waals surface area contributed by atoms with Crippen molar-refractivity contribution in [3.63, 3.8) is 0 Å². The van der Waals surface area contributed by atoms with Crippen molar-refractivity contribution in [2.75, 3.05) is 18.4 Å². The van der Waals surface area contributed by atoms with Crippen LogP contribution in [0.2, 0.25) is 0 Å². The van der Waals surface area contributed by atoms with Gasteiger partial charge in [-0.05, 0) is 44.4 Å². The van der Waals surface area contributed by atoms with E-state index in [0.717, 1.165) is 41.1 Å². The van der Waals surface area contributed by atoms with Crippen LogP contribution in [0.1, 0.15) is 25.3 Å². The molecule has 7 heteroatoms. The number of benzene rings is 1. The Bertz CT molecular complexity index is 682. The Morgan fingerprint density at radius 1 is 1.35 bits per heavy atom. The van der Waals surface area contributed by atoms with Crippen LogP contribution in [-0.4, -0.2) is 39.3 Å². The Hall–Kier alpha value is -1.60. The molecule has 0 saturated carbocycles. The van der Waals surface area contributed by atoms with Gasteiger partial charge in [0.05, 0.1) is 5.25 Å². The van der Waals surface area contributed by atoms with Crippen molar-refractivity contribution in [2.45, 2.75) is 36.3 Å². The lowest BCUT2D eigenvalue weighted by Crippen LogP contribution is -2.33. The third kappa shape index (κ3) is 4.23. The standard InChI is InChI=1S/C16H20N4OS2/c1-11-6-5-7-13(10-11)17-15-18-19-16(23-15)22-12(2)14(21)20-8-3-4-9-20/h5-7,10,12H,3-4,8-9H2,1-2H3,(H,17,18)/t12-/m1/s1. The van der Waals surface area contributed by atoms with Crippen LogP contribution in [0.3, 0.4) is 0 Å². The van der Waals surface area contributed by atoms with Gasteiger partial charge < -0.3 is 10.2 Å². The highest BCUT2D eigenvalue weighted by molar-refractivity contribution is 8.02. The zero-order valence-electron chi connectivity index (χ0n) is 13.3. The summed E-state index contributed by atoms with van der Waals surface area (Å²) in [5.74, 6) is 0.205. The van der Waals surface area contributed by atoms with Crippen molar-refractivity contribution >= 4 is 39.8 Å². The summed E-state index contributed by atoms with van der Waals surface area (Å²) in [6.07, 6.45) is 2.24. The summed E-state index contributed by atoms with van der Waals surface area (Å²) < 4.78 is 0.820. The zero-order valence-corrected chi connectivity index (χ0v) is 14.9. The third-order valence-electron chi connectivity index (χ3n) is 3.72. The second-order valence-corrected chi connectivity index (χ2v) is 8.23. The Morgan fingerprint density at radius 2 is 2.13 bits per heavy atom. The van der Waals surface area contributed by atoms with Gasteiger partial charge in [-0.3, -0.25) is 4.79 Å². The van der Waals surface area contributed by atoms with Gasteiger partial charge in [-0.25, -0.2) is 0 Å². The lowest BCUT2D eigenvalue weighted by atomic mass is 10.2. The number of nitrogens with zero attached hydrogens (tertiary/aromatic N) is 3. The number of aryl methyl sites for hydroxylation is 1. The van der Waals surface area contributed by atoms with E-state index in [9.17, 15) is 4.79 Å². The summed E-state index contributed by atoms with van der Waals surface area (Å²) in [4.78, 5) is 14.3.